The SMILES string of the molecule is CC(=O)n1cc(C)c2cnc3cc(Cl)c(Cl)cc3c21. The van der Waals surface area contributed by atoms with Crippen LogP contribution in [0, 0.1) is 6.92 Å². The Hall–Kier alpha value is -1.58. The molecule has 0 aliphatic rings. The summed E-state index contributed by atoms with van der Waals surface area (Å²) < 4.78 is 1.62. The molecule has 0 atom stereocenters. The Morgan fingerprint density at radius 2 is 1.89 bits per heavy atom. The van der Waals surface area contributed by atoms with Gasteiger partial charge in [-0.15, -0.1) is 0 Å². The smallest absolute Gasteiger partial charge is 0.227 e. The molecule has 1 aromatic carbocycles. The highest BCUT2D eigenvalue weighted by atomic mass is 35.5. The van der Waals surface area contributed by atoms with E-state index in [1.54, 1.807) is 22.9 Å². The number of aromatic nitrogens is 2. The lowest BCUT2D eigenvalue weighted by Crippen LogP contribution is -2.03. The molecule has 0 aliphatic heterocycles. The van der Waals surface area contributed by atoms with Crippen LogP contribution in [-0.2, 0) is 0 Å². The molecule has 2 heterocycles. The van der Waals surface area contributed by atoms with Crippen LogP contribution in [0.3, 0.4) is 0 Å². The molecule has 96 valence electrons. The van der Waals surface area contributed by atoms with Gasteiger partial charge in [0.25, 0.3) is 0 Å². The Labute approximate surface area is 119 Å². The molecule has 0 saturated heterocycles. The van der Waals surface area contributed by atoms with Gasteiger partial charge in [-0.05, 0) is 24.6 Å². The van der Waals surface area contributed by atoms with E-state index in [0.29, 0.717) is 10.0 Å². The average molecular weight is 293 g/mol. The third-order valence-electron chi connectivity index (χ3n) is 3.21. The molecule has 0 saturated carbocycles. The monoisotopic (exact) mass is 292 g/mol. The molecule has 0 amide bonds. The van der Waals surface area contributed by atoms with Gasteiger partial charge in [0.15, 0.2) is 0 Å². The Bertz CT molecular complexity index is 836. The van der Waals surface area contributed by atoms with Gasteiger partial charge in [-0.2, -0.15) is 0 Å². The van der Waals surface area contributed by atoms with Gasteiger partial charge in [0.2, 0.25) is 5.91 Å². The summed E-state index contributed by atoms with van der Waals surface area (Å²) >= 11 is 12.1. The Kier molecular flexibility index (Phi) is 2.77. The van der Waals surface area contributed by atoms with Gasteiger partial charge in [-0.1, -0.05) is 23.2 Å². The maximum absolute atomic E-state index is 11.8. The Morgan fingerprint density at radius 1 is 1.21 bits per heavy atom. The lowest BCUT2D eigenvalue weighted by Gasteiger charge is -2.05. The predicted octanol–water partition coefficient (Wildman–Crippen LogP) is 4.46. The van der Waals surface area contributed by atoms with Gasteiger partial charge in [0.1, 0.15) is 0 Å². The lowest BCUT2D eigenvalue weighted by molar-refractivity contribution is 0.0941. The van der Waals surface area contributed by atoms with Gasteiger partial charge >= 0.3 is 0 Å². The second kappa shape index (κ2) is 4.22. The number of pyridine rings is 1. The van der Waals surface area contributed by atoms with Gasteiger partial charge < -0.3 is 0 Å². The number of benzene rings is 1. The topological polar surface area (TPSA) is 34.9 Å². The van der Waals surface area contributed by atoms with Crippen molar-refractivity contribution in [3.63, 3.8) is 0 Å². The van der Waals surface area contributed by atoms with E-state index in [0.717, 1.165) is 27.4 Å². The summed E-state index contributed by atoms with van der Waals surface area (Å²) in [6.07, 6.45) is 3.58. The summed E-state index contributed by atoms with van der Waals surface area (Å²) in [6.45, 7) is 3.48. The normalized spacial score (nSPS) is 11.4. The van der Waals surface area contributed by atoms with Crippen molar-refractivity contribution in [2.45, 2.75) is 13.8 Å². The number of rotatable bonds is 0. The summed E-state index contributed by atoms with van der Waals surface area (Å²) in [5.74, 6) is -0.0447. The molecule has 0 unspecified atom stereocenters. The minimum atomic E-state index is -0.0447. The highest BCUT2D eigenvalue weighted by Gasteiger charge is 2.14. The van der Waals surface area contributed by atoms with Crippen molar-refractivity contribution in [1.82, 2.24) is 9.55 Å². The second-order valence-corrected chi connectivity index (χ2v) is 5.32. The molecule has 0 aliphatic carbocycles. The number of hydrogen-bond donors (Lipinski definition) is 0. The average Bonchev–Trinajstić information content (AvgIpc) is 2.69. The van der Waals surface area contributed by atoms with Crippen LogP contribution in [0.5, 0.6) is 0 Å². The fourth-order valence-electron chi connectivity index (χ4n) is 2.30. The first kappa shape index (κ1) is 12.5. The van der Waals surface area contributed by atoms with Crippen molar-refractivity contribution in [3.8, 4) is 0 Å². The third-order valence-corrected chi connectivity index (χ3v) is 3.93. The molecular weight excluding hydrogens is 283 g/mol. The number of hydrogen-bond acceptors (Lipinski definition) is 2. The number of nitrogens with zero attached hydrogens (tertiary/aromatic N) is 2. The summed E-state index contributed by atoms with van der Waals surface area (Å²) in [6, 6.07) is 3.47. The third kappa shape index (κ3) is 1.81. The lowest BCUT2D eigenvalue weighted by atomic mass is 10.1. The molecule has 2 aromatic heterocycles. The van der Waals surface area contributed by atoms with E-state index in [1.807, 2.05) is 13.1 Å². The summed E-state index contributed by atoms with van der Waals surface area (Å²) in [7, 11) is 0. The zero-order chi connectivity index (χ0) is 13.7. The van der Waals surface area contributed by atoms with E-state index in [-0.39, 0.29) is 5.91 Å². The molecule has 3 aromatic rings. The highest BCUT2D eigenvalue weighted by molar-refractivity contribution is 6.43. The van der Waals surface area contributed by atoms with Crippen LogP contribution < -0.4 is 0 Å². The minimum absolute atomic E-state index is 0.0447. The second-order valence-electron chi connectivity index (χ2n) is 4.51. The molecule has 0 N–H and O–H groups in total. The van der Waals surface area contributed by atoms with E-state index in [9.17, 15) is 4.79 Å². The van der Waals surface area contributed by atoms with Crippen LogP contribution in [-0.4, -0.2) is 15.5 Å². The number of aryl methyl sites for hydroxylation is 1. The first-order valence-corrected chi connectivity index (χ1v) is 6.51. The van der Waals surface area contributed by atoms with E-state index in [4.69, 9.17) is 23.2 Å². The first-order chi connectivity index (χ1) is 8.99. The molecule has 0 radical (unpaired) electrons. The van der Waals surface area contributed by atoms with Crippen LogP contribution in [0.25, 0.3) is 21.8 Å². The van der Waals surface area contributed by atoms with Crippen molar-refractivity contribution in [1.29, 1.82) is 0 Å². The molecule has 0 bridgehead atoms. The predicted molar refractivity (Wildman–Crippen MR) is 78.3 cm³/mol. The van der Waals surface area contributed by atoms with Crippen molar-refractivity contribution >= 4 is 50.9 Å². The van der Waals surface area contributed by atoms with E-state index in [2.05, 4.69) is 4.98 Å². The summed E-state index contributed by atoms with van der Waals surface area (Å²) in [4.78, 5) is 16.1. The quantitative estimate of drug-likeness (QED) is 0.613. The van der Waals surface area contributed by atoms with E-state index < -0.39 is 0 Å². The minimum Gasteiger partial charge on any atom is -0.286 e. The van der Waals surface area contributed by atoms with E-state index >= 15 is 0 Å². The number of fused-ring (bicyclic) bond motifs is 3. The van der Waals surface area contributed by atoms with Crippen molar-refractivity contribution in [3.05, 3.63) is 40.1 Å². The van der Waals surface area contributed by atoms with Gasteiger partial charge in [0, 0.05) is 30.1 Å². The Morgan fingerprint density at radius 3 is 2.58 bits per heavy atom. The molecule has 0 spiro atoms. The van der Waals surface area contributed by atoms with Gasteiger partial charge in [-0.3, -0.25) is 14.3 Å². The van der Waals surface area contributed by atoms with Crippen LogP contribution in [0.2, 0.25) is 10.0 Å². The van der Waals surface area contributed by atoms with Crippen LogP contribution in [0.1, 0.15) is 17.3 Å². The Balaban J connectivity index is 2.57. The van der Waals surface area contributed by atoms with Crippen molar-refractivity contribution in [2.24, 2.45) is 0 Å². The molecule has 3 rings (SSSR count). The van der Waals surface area contributed by atoms with E-state index in [1.165, 1.54) is 6.92 Å². The fraction of sp³-hybridized carbons (Fsp3) is 0.143. The summed E-state index contributed by atoms with van der Waals surface area (Å²) in [5.41, 5.74) is 2.56. The zero-order valence-corrected chi connectivity index (χ0v) is 11.9. The van der Waals surface area contributed by atoms with Gasteiger partial charge in [-0.25, -0.2) is 0 Å². The molecule has 3 nitrogen and oxygen atoms in total. The highest BCUT2D eigenvalue weighted by Crippen LogP contribution is 2.32. The number of carbonyl (C=O) groups is 1. The molecular formula is C14H10Cl2N2O. The van der Waals surface area contributed by atoms with Crippen LogP contribution in [0.15, 0.2) is 24.5 Å². The van der Waals surface area contributed by atoms with Crippen LogP contribution >= 0.6 is 23.2 Å². The largest absolute Gasteiger partial charge is 0.286 e. The summed E-state index contributed by atoms with van der Waals surface area (Å²) in [5, 5.41) is 2.69. The zero-order valence-electron chi connectivity index (χ0n) is 10.4. The van der Waals surface area contributed by atoms with Crippen molar-refractivity contribution < 1.29 is 4.79 Å². The van der Waals surface area contributed by atoms with Crippen LogP contribution in [0.4, 0.5) is 0 Å². The first-order valence-electron chi connectivity index (χ1n) is 5.75. The molecule has 5 heteroatoms. The molecule has 0 fully saturated rings. The molecule has 19 heavy (non-hydrogen) atoms. The maximum atomic E-state index is 11.8. The number of carbonyl (C=O) groups excluding carboxylic acids is 1. The maximum Gasteiger partial charge on any atom is 0.227 e. The van der Waals surface area contributed by atoms with Gasteiger partial charge in [0.05, 0.1) is 21.1 Å². The van der Waals surface area contributed by atoms with Crippen molar-refractivity contribution in [2.75, 3.05) is 0 Å². The number of halogens is 2. The standard InChI is InChI=1S/C14H10Cl2N2O/c1-7-6-18(8(2)19)14-9-3-11(15)12(16)4-13(9)17-5-10(7)14/h3-6H,1-2H3. The fourth-order valence-corrected chi connectivity index (χ4v) is 2.62.